The van der Waals surface area contributed by atoms with Crippen molar-refractivity contribution in [2.24, 2.45) is 11.8 Å². The molecule has 2 bridgehead atoms. The number of nitrogens with one attached hydrogen (secondary N) is 2. The highest BCUT2D eigenvalue weighted by Gasteiger charge is 2.74. The van der Waals surface area contributed by atoms with Crippen LogP contribution in [-0.4, -0.2) is 71.8 Å². The van der Waals surface area contributed by atoms with Gasteiger partial charge in [-0.2, -0.15) is 0 Å². The Kier molecular flexibility index (Phi) is 7.96. The molecule has 5 atom stereocenters. The monoisotopic (exact) mass is 487 g/mol. The topological polar surface area (TPSA) is 117 Å². The Bertz CT molecular complexity index is 922. The summed E-state index contributed by atoms with van der Waals surface area (Å²) >= 11 is 0. The van der Waals surface area contributed by atoms with Gasteiger partial charge in [0.25, 0.3) is 0 Å². The molecule has 9 heteroatoms. The molecule has 0 aromatic heterocycles. The SMILES string of the molecule is CCCCNC(=O)C1N(CCCCO)C(=O)[C@@H]2[C@@H](C(=O)Nc3ccc(OCC)cc3)[C@H]3CCC12O3. The van der Waals surface area contributed by atoms with Crippen LogP contribution in [0.1, 0.15) is 52.4 Å². The number of likely N-dealkylation sites (tertiary alicyclic amines) is 1. The molecule has 192 valence electrons. The summed E-state index contributed by atoms with van der Waals surface area (Å²) < 4.78 is 11.9. The molecule has 3 aliphatic rings. The average Bonchev–Trinajstić information content (AvgIpc) is 3.48. The number of carbonyl (C=O) groups is 3. The molecular weight excluding hydrogens is 450 g/mol. The lowest BCUT2D eigenvalue weighted by Gasteiger charge is -2.33. The van der Waals surface area contributed by atoms with Crippen molar-refractivity contribution in [3.8, 4) is 5.75 Å². The first kappa shape index (κ1) is 25.4. The molecule has 4 rings (SSSR count). The second-order valence-electron chi connectivity index (χ2n) is 9.61. The van der Waals surface area contributed by atoms with E-state index in [9.17, 15) is 19.5 Å². The van der Waals surface area contributed by atoms with Gasteiger partial charge in [-0.05, 0) is 63.3 Å². The molecular formula is C26H37N3O6. The third-order valence-corrected chi connectivity index (χ3v) is 7.42. The van der Waals surface area contributed by atoms with Crippen molar-refractivity contribution in [1.29, 1.82) is 0 Å². The number of carbonyl (C=O) groups excluding carboxylic acids is 3. The highest BCUT2D eigenvalue weighted by molar-refractivity contribution is 6.02. The van der Waals surface area contributed by atoms with Gasteiger partial charge in [0.05, 0.1) is 24.5 Å². The molecule has 3 fully saturated rings. The molecule has 0 saturated carbocycles. The lowest BCUT2D eigenvalue weighted by Crippen LogP contribution is -2.55. The fourth-order valence-electron chi connectivity index (χ4n) is 5.90. The van der Waals surface area contributed by atoms with E-state index in [2.05, 4.69) is 17.6 Å². The number of hydrogen-bond donors (Lipinski definition) is 3. The number of amides is 3. The van der Waals surface area contributed by atoms with E-state index in [1.807, 2.05) is 6.92 Å². The van der Waals surface area contributed by atoms with Gasteiger partial charge < -0.3 is 30.1 Å². The number of hydrogen-bond acceptors (Lipinski definition) is 6. The molecule has 1 spiro atoms. The van der Waals surface area contributed by atoms with E-state index >= 15 is 0 Å². The first-order valence-electron chi connectivity index (χ1n) is 12.9. The zero-order valence-electron chi connectivity index (χ0n) is 20.6. The van der Waals surface area contributed by atoms with Gasteiger partial charge in [-0.25, -0.2) is 0 Å². The highest BCUT2D eigenvalue weighted by atomic mass is 16.5. The zero-order valence-corrected chi connectivity index (χ0v) is 20.6. The van der Waals surface area contributed by atoms with E-state index in [4.69, 9.17) is 9.47 Å². The molecule has 1 aromatic rings. The number of fused-ring (bicyclic) bond motifs is 1. The van der Waals surface area contributed by atoms with Crippen LogP contribution in [0.15, 0.2) is 24.3 Å². The Hall–Kier alpha value is -2.65. The highest BCUT2D eigenvalue weighted by Crippen LogP contribution is 2.58. The quantitative estimate of drug-likeness (QED) is 0.389. The van der Waals surface area contributed by atoms with E-state index in [0.717, 1.165) is 12.8 Å². The summed E-state index contributed by atoms with van der Waals surface area (Å²) in [5.41, 5.74) is -0.368. The standard InChI is InChI=1S/C26H37N3O6/c1-3-5-14-27-24(32)22-26-13-12-19(35-26)20(21(26)25(33)29(22)15-6-7-16-30)23(31)28-17-8-10-18(11-9-17)34-4-2/h8-11,19-22,30H,3-7,12-16H2,1-2H3,(H,27,32)(H,28,31)/t19-,20+,21+,22?,26?/m1/s1. The van der Waals surface area contributed by atoms with Crippen molar-refractivity contribution in [2.75, 3.05) is 31.6 Å². The summed E-state index contributed by atoms with van der Waals surface area (Å²) in [6.45, 7) is 5.43. The van der Waals surface area contributed by atoms with Crippen molar-refractivity contribution in [1.82, 2.24) is 10.2 Å². The molecule has 3 amide bonds. The van der Waals surface area contributed by atoms with Crippen LogP contribution in [0.3, 0.4) is 0 Å². The summed E-state index contributed by atoms with van der Waals surface area (Å²) in [5.74, 6) is -1.31. The van der Waals surface area contributed by atoms with Crippen molar-refractivity contribution in [3.63, 3.8) is 0 Å². The van der Waals surface area contributed by atoms with Gasteiger partial charge in [0.1, 0.15) is 17.4 Å². The van der Waals surface area contributed by atoms with Crippen LogP contribution in [-0.2, 0) is 19.1 Å². The zero-order chi connectivity index (χ0) is 25.0. The Morgan fingerprint density at radius 2 is 1.94 bits per heavy atom. The predicted octanol–water partition coefficient (Wildman–Crippen LogP) is 2.09. The average molecular weight is 488 g/mol. The van der Waals surface area contributed by atoms with Crippen LogP contribution in [0.2, 0.25) is 0 Å². The molecule has 35 heavy (non-hydrogen) atoms. The molecule has 1 aromatic carbocycles. The minimum Gasteiger partial charge on any atom is -0.494 e. The number of benzene rings is 1. The Balaban J connectivity index is 1.56. The number of anilines is 1. The van der Waals surface area contributed by atoms with E-state index in [-0.39, 0.29) is 24.3 Å². The number of unbranched alkanes of at least 4 members (excludes halogenated alkanes) is 2. The fraction of sp³-hybridized carbons (Fsp3) is 0.654. The summed E-state index contributed by atoms with van der Waals surface area (Å²) in [5, 5.41) is 15.1. The molecule has 3 saturated heterocycles. The smallest absolute Gasteiger partial charge is 0.245 e. The first-order chi connectivity index (χ1) is 17.0. The van der Waals surface area contributed by atoms with Crippen LogP contribution < -0.4 is 15.4 Å². The summed E-state index contributed by atoms with van der Waals surface area (Å²) in [7, 11) is 0. The normalized spacial score (nSPS) is 28.8. The van der Waals surface area contributed by atoms with Crippen LogP contribution in [0.5, 0.6) is 5.75 Å². The molecule has 3 aliphatic heterocycles. The van der Waals surface area contributed by atoms with Gasteiger partial charge >= 0.3 is 0 Å². The number of rotatable bonds is 12. The maximum Gasteiger partial charge on any atom is 0.245 e. The molecule has 3 N–H and O–H groups in total. The van der Waals surface area contributed by atoms with Gasteiger partial charge in [0.15, 0.2) is 0 Å². The predicted molar refractivity (Wildman–Crippen MR) is 130 cm³/mol. The van der Waals surface area contributed by atoms with Gasteiger partial charge in [-0.3, -0.25) is 14.4 Å². The van der Waals surface area contributed by atoms with Crippen molar-refractivity contribution >= 4 is 23.4 Å². The largest absolute Gasteiger partial charge is 0.494 e. The third-order valence-electron chi connectivity index (χ3n) is 7.42. The van der Waals surface area contributed by atoms with Crippen molar-refractivity contribution < 1.29 is 29.0 Å². The lowest BCUT2D eigenvalue weighted by molar-refractivity contribution is -0.141. The molecule has 0 radical (unpaired) electrons. The van der Waals surface area contributed by atoms with Gasteiger partial charge in [-0.15, -0.1) is 0 Å². The second-order valence-corrected chi connectivity index (χ2v) is 9.61. The van der Waals surface area contributed by atoms with Crippen LogP contribution in [0.25, 0.3) is 0 Å². The first-order valence-corrected chi connectivity index (χ1v) is 12.9. The number of aliphatic hydroxyl groups excluding tert-OH is 1. The van der Waals surface area contributed by atoms with Gasteiger partial charge in [0.2, 0.25) is 17.7 Å². The number of nitrogens with zero attached hydrogens (tertiary/aromatic N) is 1. The molecule has 9 nitrogen and oxygen atoms in total. The number of aliphatic hydroxyl groups is 1. The van der Waals surface area contributed by atoms with E-state index < -0.39 is 29.6 Å². The third kappa shape index (κ3) is 4.76. The maximum absolute atomic E-state index is 13.7. The summed E-state index contributed by atoms with van der Waals surface area (Å²) in [6.07, 6.45) is 3.73. The van der Waals surface area contributed by atoms with E-state index in [1.165, 1.54) is 0 Å². The fourth-order valence-corrected chi connectivity index (χ4v) is 5.90. The van der Waals surface area contributed by atoms with Crippen LogP contribution in [0.4, 0.5) is 5.69 Å². The van der Waals surface area contributed by atoms with E-state index in [1.54, 1.807) is 29.2 Å². The van der Waals surface area contributed by atoms with E-state index in [0.29, 0.717) is 56.8 Å². The summed E-state index contributed by atoms with van der Waals surface area (Å²) in [4.78, 5) is 42.1. The van der Waals surface area contributed by atoms with Crippen LogP contribution in [0, 0.1) is 11.8 Å². The van der Waals surface area contributed by atoms with Gasteiger partial charge in [-0.1, -0.05) is 13.3 Å². The molecule has 0 aliphatic carbocycles. The van der Waals surface area contributed by atoms with Crippen LogP contribution >= 0.6 is 0 Å². The van der Waals surface area contributed by atoms with Crippen molar-refractivity contribution in [2.45, 2.75) is 70.1 Å². The molecule has 2 unspecified atom stereocenters. The Morgan fingerprint density at radius 1 is 1.17 bits per heavy atom. The summed E-state index contributed by atoms with van der Waals surface area (Å²) in [6, 6.07) is 6.36. The second kappa shape index (κ2) is 11.0. The number of ether oxygens (including phenoxy) is 2. The maximum atomic E-state index is 13.7. The lowest BCUT2D eigenvalue weighted by atomic mass is 9.70. The Labute approximate surface area is 206 Å². The van der Waals surface area contributed by atoms with Gasteiger partial charge in [0, 0.05) is 25.4 Å². The molecule has 3 heterocycles. The Morgan fingerprint density at radius 3 is 2.63 bits per heavy atom. The van der Waals surface area contributed by atoms with Crippen molar-refractivity contribution in [3.05, 3.63) is 24.3 Å². The minimum absolute atomic E-state index is 0.0235. The minimum atomic E-state index is -0.988.